The summed E-state index contributed by atoms with van der Waals surface area (Å²) in [6, 6.07) is 16.8. The van der Waals surface area contributed by atoms with Gasteiger partial charge in [-0.1, -0.05) is 36.4 Å². The molecular formula is C16H15NO3. The summed E-state index contributed by atoms with van der Waals surface area (Å²) in [6.45, 7) is 0.459. The predicted octanol–water partition coefficient (Wildman–Crippen LogP) is 2.78. The van der Waals surface area contributed by atoms with Crippen LogP contribution in [0.2, 0.25) is 0 Å². The number of ether oxygens (including phenoxy) is 2. The third-order valence-electron chi connectivity index (χ3n) is 3.15. The molecular weight excluding hydrogens is 254 g/mol. The first-order valence-corrected chi connectivity index (χ1v) is 6.55. The maximum atomic E-state index is 11.8. The van der Waals surface area contributed by atoms with Gasteiger partial charge in [0.1, 0.15) is 18.1 Å². The zero-order valence-corrected chi connectivity index (χ0v) is 10.9. The topological polar surface area (TPSA) is 47.6 Å². The molecule has 0 aliphatic carbocycles. The Morgan fingerprint density at radius 2 is 1.85 bits per heavy atom. The zero-order chi connectivity index (χ0) is 13.8. The Balaban J connectivity index is 1.58. The Morgan fingerprint density at radius 3 is 2.70 bits per heavy atom. The summed E-state index contributed by atoms with van der Waals surface area (Å²) in [5.41, 5.74) is 1.10. The molecule has 1 unspecified atom stereocenters. The number of rotatable bonds is 2. The minimum absolute atomic E-state index is 0.0684. The van der Waals surface area contributed by atoms with E-state index in [0.717, 1.165) is 17.7 Å². The lowest BCUT2D eigenvalue weighted by atomic mass is 10.0. The van der Waals surface area contributed by atoms with Gasteiger partial charge in [0.25, 0.3) is 0 Å². The van der Waals surface area contributed by atoms with Crippen molar-refractivity contribution in [1.29, 1.82) is 0 Å². The fourth-order valence-corrected chi connectivity index (χ4v) is 2.21. The van der Waals surface area contributed by atoms with Gasteiger partial charge in [-0.2, -0.15) is 0 Å². The van der Waals surface area contributed by atoms with Crippen molar-refractivity contribution in [2.75, 3.05) is 6.61 Å². The van der Waals surface area contributed by atoms with Crippen LogP contribution in [0.3, 0.4) is 0 Å². The maximum absolute atomic E-state index is 11.8. The average Bonchev–Trinajstić information content (AvgIpc) is 2.48. The molecule has 1 aliphatic heterocycles. The summed E-state index contributed by atoms with van der Waals surface area (Å²) in [4.78, 5) is 11.8. The molecule has 102 valence electrons. The number of carbonyl (C=O) groups is 1. The number of hydrogen-bond acceptors (Lipinski definition) is 3. The first-order chi connectivity index (χ1) is 9.81. The second-order valence-corrected chi connectivity index (χ2v) is 4.67. The number of para-hydroxylation sites is 2. The van der Waals surface area contributed by atoms with Gasteiger partial charge in [-0.25, -0.2) is 4.79 Å². The van der Waals surface area contributed by atoms with Crippen LogP contribution < -0.4 is 14.8 Å². The second-order valence-electron chi connectivity index (χ2n) is 4.67. The standard InChI is InChI=1S/C16H15NO3/c18-16(20-14-7-2-1-3-8-14)17-13-10-12-6-4-5-9-15(12)19-11-13/h1-9,13H,10-11H2,(H,17,18). The number of carbonyl (C=O) groups excluding carboxylic acids is 1. The van der Waals surface area contributed by atoms with Crippen LogP contribution in [0.25, 0.3) is 0 Å². The number of benzene rings is 2. The molecule has 0 fully saturated rings. The number of nitrogens with one attached hydrogen (secondary N) is 1. The van der Waals surface area contributed by atoms with E-state index in [1.165, 1.54) is 0 Å². The van der Waals surface area contributed by atoms with Gasteiger partial charge in [0.15, 0.2) is 0 Å². The molecule has 1 heterocycles. The lowest BCUT2D eigenvalue weighted by Crippen LogP contribution is -2.43. The molecule has 0 saturated carbocycles. The molecule has 4 heteroatoms. The van der Waals surface area contributed by atoms with Crippen LogP contribution in [0.15, 0.2) is 54.6 Å². The first-order valence-electron chi connectivity index (χ1n) is 6.55. The third-order valence-corrected chi connectivity index (χ3v) is 3.15. The minimum Gasteiger partial charge on any atom is -0.491 e. The van der Waals surface area contributed by atoms with Crippen LogP contribution in [-0.2, 0) is 6.42 Å². The second kappa shape index (κ2) is 5.65. The van der Waals surface area contributed by atoms with Gasteiger partial charge in [-0.15, -0.1) is 0 Å². The predicted molar refractivity (Wildman–Crippen MR) is 75.0 cm³/mol. The molecule has 1 N–H and O–H groups in total. The van der Waals surface area contributed by atoms with E-state index in [9.17, 15) is 4.79 Å². The first kappa shape index (κ1) is 12.5. The van der Waals surface area contributed by atoms with Gasteiger partial charge >= 0.3 is 6.09 Å². The molecule has 2 aromatic carbocycles. The van der Waals surface area contributed by atoms with Crippen LogP contribution in [0.5, 0.6) is 11.5 Å². The van der Waals surface area contributed by atoms with Gasteiger partial charge in [-0.05, 0) is 30.2 Å². The fourth-order valence-electron chi connectivity index (χ4n) is 2.21. The summed E-state index contributed by atoms with van der Waals surface area (Å²) < 4.78 is 10.8. The van der Waals surface area contributed by atoms with Gasteiger partial charge < -0.3 is 14.8 Å². The highest BCUT2D eigenvalue weighted by atomic mass is 16.6. The lowest BCUT2D eigenvalue weighted by molar-refractivity contribution is 0.182. The Hall–Kier alpha value is -2.49. The highest BCUT2D eigenvalue weighted by molar-refractivity contribution is 5.70. The Morgan fingerprint density at radius 1 is 1.10 bits per heavy atom. The minimum atomic E-state index is -0.454. The van der Waals surface area contributed by atoms with Crippen molar-refractivity contribution in [2.45, 2.75) is 12.5 Å². The Labute approximate surface area is 117 Å². The third kappa shape index (κ3) is 2.91. The molecule has 0 saturated heterocycles. The van der Waals surface area contributed by atoms with Gasteiger partial charge in [0.2, 0.25) is 0 Å². The van der Waals surface area contributed by atoms with E-state index in [-0.39, 0.29) is 6.04 Å². The molecule has 4 nitrogen and oxygen atoms in total. The molecule has 0 bridgehead atoms. The molecule has 0 spiro atoms. The normalized spacial score (nSPS) is 16.7. The smallest absolute Gasteiger partial charge is 0.412 e. The van der Waals surface area contributed by atoms with E-state index >= 15 is 0 Å². The van der Waals surface area contributed by atoms with Crippen molar-refractivity contribution >= 4 is 6.09 Å². The molecule has 20 heavy (non-hydrogen) atoms. The zero-order valence-electron chi connectivity index (χ0n) is 10.9. The summed E-state index contributed by atoms with van der Waals surface area (Å²) >= 11 is 0. The SMILES string of the molecule is O=C(NC1COc2ccccc2C1)Oc1ccccc1. The monoisotopic (exact) mass is 269 g/mol. The Bertz CT molecular complexity index is 598. The van der Waals surface area contributed by atoms with E-state index in [2.05, 4.69) is 5.32 Å². The van der Waals surface area contributed by atoms with Crippen LogP contribution in [0.1, 0.15) is 5.56 Å². The van der Waals surface area contributed by atoms with Crippen molar-refractivity contribution in [3.63, 3.8) is 0 Å². The molecule has 1 amide bonds. The largest absolute Gasteiger partial charge is 0.491 e. The van der Waals surface area contributed by atoms with E-state index in [1.807, 2.05) is 42.5 Å². The molecule has 0 aromatic heterocycles. The van der Waals surface area contributed by atoms with E-state index in [4.69, 9.17) is 9.47 Å². The molecule has 3 rings (SSSR count). The number of fused-ring (bicyclic) bond motifs is 1. The van der Waals surface area contributed by atoms with E-state index in [1.54, 1.807) is 12.1 Å². The molecule has 0 radical (unpaired) electrons. The molecule has 1 aliphatic rings. The molecule has 1 atom stereocenters. The Kier molecular flexibility index (Phi) is 3.54. The van der Waals surface area contributed by atoms with Crippen molar-refractivity contribution in [3.05, 3.63) is 60.2 Å². The van der Waals surface area contributed by atoms with Crippen LogP contribution in [-0.4, -0.2) is 18.7 Å². The van der Waals surface area contributed by atoms with Crippen molar-refractivity contribution in [1.82, 2.24) is 5.32 Å². The summed E-state index contributed by atoms with van der Waals surface area (Å²) in [7, 11) is 0. The van der Waals surface area contributed by atoms with Crippen LogP contribution >= 0.6 is 0 Å². The lowest BCUT2D eigenvalue weighted by Gasteiger charge is -2.25. The average molecular weight is 269 g/mol. The van der Waals surface area contributed by atoms with E-state index < -0.39 is 6.09 Å². The maximum Gasteiger partial charge on any atom is 0.412 e. The fraction of sp³-hybridized carbons (Fsp3) is 0.188. The van der Waals surface area contributed by atoms with Crippen molar-refractivity contribution < 1.29 is 14.3 Å². The highest BCUT2D eigenvalue weighted by Crippen LogP contribution is 2.23. The van der Waals surface area contributed by atoms with Gasteiger partial charge in [0.05, 0.1) is 6.04 Å². The van der Waals surface area contributed by atoms with Crippen LogP contribution in [0, 0.1) is 0 Å². The number of hydrogen-bond donors (Lipinski definition) is 1. The molecule has 2 aromatic rings. The highest BCUT2D eigenvalue weighted by Gasteiger charge is 2.21. The van der Waals surface area contributed by atoms with Crippen molar-refractivity contribution in [3.8, 4) is 11.5 Å². The van der Waals surface area contributed by atoms with Gasteiger partial charge in [0, 0.05) is 0 Å². The number of amides is 1. The summed E-state index contributed by atoms with van der Waals surface area (Å²) in [5, 5.41) is 2.82. The summed E-state index contributed by atoms with van der Waals surface area (Å²) in [6.07, 6.45) is 0.296. The van der Waals surface area contributed by atoms with Crippen molar-refractivity contribution in [2.24, 2.45) is 0 Å². The summed E-state index contributed by atoms with van der Waals surface area (Å²) in [5.74, 6) is 1.42. The van der Waals surface area contributed by atoms with E-state index in [0.29, 0.717) is 12.4 Å². The van der Waals surface area contributed by atoms with Gasteiger partial charge in [-0.3, -0.25) is 0 Å². The van der Waals surface area contributed by atoms with Crippen LogP contribution in [0.4, 0.5) is 4.79 Å². The quantitative estimate of drug-likeness (QED) is 0.912.